The zero-order valence-corrected chi connectivity index (χ0v) is 11.1. The van der Waals surface area contributed by atoms with Crippen molar-refractivity contribution in [3.05, 3.63) is 0 Å². The van der Waals surface area contributed by atoms with E-state index in [0.29, 0.717) is 18.7 Å². The standard InChI is InChI=1S/C13H27NO2/c1-5-6-7-16-12-8-11(13(12,3)4)14-9-10(2)15/h10-12,14-15H,5-9H2,1-4H3/t10-,11?,12?/m0/s1. The molecular weight excluding hydrogens is 202 g/mol. The Labute approximate surface area is 99.6 Å². The number of hydrogen-bond donors (Lipinski definition) is 2. The molecule has 0 aromatic heterocycles. The average Bonchev–Trinajstić information content (AvgIpc) is 2.20. The Morgan fingerprint density at radius 2 is 2.19 bits per heavy atom. The van der Waals surface area contributed by atoms with Gasteiger partial charge in [-0.25, -0.2) is 0 Å². The largest absolute Gasteiger partial charge is 0.392 e. The second-order valence-corrected chi connectivity index (χ2v) is 5.58. The summed E-state index contributed by atoms with van der Waals surface area (Å²) in [6, 6.07) is 0.480. The Kier molecular flexibility index (Phi) is 5.22. The van der Waals surface area contributed by atoms with Gasteiger partial charge in [0.1, 0.15) is 0 Å². The summed E-state index contributed by atoms with van der Waals surface area (Å²) >= 11 is 0. The van der Waals surface area contributed by atoms with Crippen molar-refractivity contribution in [3.8, 4) is 0 Å². The van der Waals surface area contributed by atoms with E-state index >= 15 is 0 Å². The first-order chi connectivity index (χ1) is 7.48. The summed E-state index contributed by atoms with van der Waals surface area (Å²) in [6.45, 7) is 10.0. The van der Waals surface area contributed by atoms with Gasteiger partial charge in [-0.1, -0.05) is 27.2 Å². The topological polar surface area (TPSA) is 41.5 Å². The molecule has 1 saturated carbocycles. The van der Waals surface area contributed by atoms with Gasteiger partial charge >= 0.3 is 0 Å². The van der Waals surface area contributed by atoms with E-state index in [1.165, 1.54) is 6.42 Å². The number of unbranched alkanes of at least 4 members (excludes halogenated alkanes) is 1. The van der Waals surface area contributed by atoms with Gasteiger partial charge in [0.2, 0.25) is 0 Å². The predicted molar refractivity (Wildman–Crippen MR) is 66.5 cm³/mol. The van der Waals surface area contributed by atoms with Crippen LogP contribution >= 0.6 is 0 Å². The highest BCUT2D eigenvalue weighted by atomic mass is 16.5. The molecule has 0 radical (unpaired) electrons. The molecule has 0 spiro atoms. The summed E-state index contributed by atoms with van der Waals surface area (Å²) in [7, 11) is 0. The second kappa shape index (κ2) is 5.99. The molecule has 1 aliphatic carbocycles. The third kappa shape index (κ3) is 3.44. The van der Waals surface area contributed by atoms with Crippen molar-refractivity contribution in [1.29, 1.82) is 0 Å². The number of aliphatic hydroxyl groups is 1. The molecule has 1 aliphatic rings. The summed E-state index contributed by atoms with van der Waals surface area (Å²) < 4.78 is 5.87. The Morgan fingerprint density at radius 3 is 2.69 bits per heavy atom. The van der Waals surface area contributed by atoms with E-state index < -0.39 is 0 Å². The van der Waals surface area contributed by atoms with Crippen LogP contribution in [0.5, 0.6) is 0 Å². The number of ether oxygens (including phenoxy) is 1. The van der Waals surface area contributed by atoms with E-state index in [-0.39, 0.29) is 11.5 Å². The van der Waals surface area contributed by atoms with Gasteiger partial charge in [-0.2, -0.15) is 0 Å². The third-order valence-electron chi connectivity index (χ3n) is 3.65. The van der Waals surface area contributed by atoms with Crippen LogP contribution in [-0.2, 0) is 4.74 Å². The molecule has 1 rings (SSSR count). The molecule has 0 saturated heterocycles. The molecule has 2 unspecified atom stereocenters. The molecule has 0 aromatic rings. The highest BCUT2D eigenvalue weighted by molar-refractivity contribution is 5.02. The lowest BCUT2D eigenvalue weighted by Gasteiger charge is -2.52. The summed E-state index contributed by atoms with van der Waals surface area (Å²) in [5.74, 6) is 0. The number of aliphatic hydroxyl groups excluding tert-OH is 1. The van der Waals surface area contributed by atoms with Gasteiger partial charge in [0.05, 0.1) is 12.2 Å². The molecule has 0 aliphatic heterocycles. The SMILES string of the molecule is CCCCOC1CC(NC[C@H](C)O)C1(C)C. The van der Waals surface area contributed by atoms with Crippen LogP contribution in [0.15, 0.2) is 0 Å². The van der Waals surface area contributed by atoms with Gasteiger partial charge in [0.15, 0.2) is 0 Å². The van der Waals surface area contributed by atoms with Crippen molar-refractivity contribution in [2.24, 2.45) is 5.41 Å². The molecule has 96 valence electrons. The molecule has 0 bridgehead atoms. The van der Waals surface area contributed by atoms with Gasteiger partial charge in [-0.15, -0.1) is 0 Å². The first-order valence-corrected chi connectivity index (χ1v) is 6.51. The molecule has 1 fully saturated rings. The van der Waals surface area contributed by atoms with E-state index in [9.17, 15) is 5.11 Å². The van der Waals surface area contributed by atoms with Crippen molar-refractivity contribution < 1.29 is 9.84 Å². The van der Waals surface area contributed by atoms with Gasteiger partial charge in [-0.3, -0.25) is 0 Å². The molecule has 0 heterocycles. The van der Waals surface area contributed by atoms with Crippen molar-refractivity contribution in [1.82, 2.24) is 5.32 Å². The Hall–Kier alpha value is -0.120. The fraction of sp³-hybridized carbons (Fsp3) is 1.00. The fourth-order valence-corrected chi connectivity index (χ4v) is 2.20. The molecule has 16 heavy (non-hydrogen) atoms. The average molecular weight is 229 g/mol. The van der Waals surface area contributed by atoms with Crippen molar-refractivity contribution in [2.75, 3.05) is 13.2 Å². The molecule has 3 atom stereocenters. The normalized spacial score (nSPS) is 29.8. The molecule has 3 heteroatoms. The lowest BCUT2D eigenvalue weighted by Crippen LogP contribution is -2.61. The summed E-state index contributed by atoms with van der Waals surface area (Å²) in [5.41, 5.74) is 0.197. The monoisotopic (exact) mass is 229 g/mol. The van der Waals surface area contributed by atoms with Gasteiger partial charge in [0, 0.05) is 24.6 Å². The zero-order chi connectivity index (χ0) is 12.2. The number of nitrogens with one attached hydrogen (secondary N) is 1. The van der Waals surface area contributed by atoms with Crippen LogP contribution in [0, 0.1) is 5.41 Å². The first kappa shape index (κ1) is 13.9. The minimum atomic E-state index is -0.268. The Morgan fingerprint density at radius 1 is 1.50 bits per heavy atom. The van der Waals surface area contributed by atoms with Gasteiger partial charge in [0.25, 0.3) is 0 Å². The minimum absolute atomic E-state index is 0.197. The first-order valence-electron chi connectivity index (χ1n) is 6.51. The van der Waals surface area contributed by atoms with Crippen molar-refractivity contribution in [3.63, 3.8) is 0 Å². The molecule has 0 amide bonds. The van der Waals surface area contributed by atoms with Crippen LogP contribution < -0.4 is 5.32 Å². The lowest BCUT2D eigenvalue weighted by molar-refractivity contribution is -0.119. The number of hydrogen-bond acceptors (Lipinski definition) is 3. The van der Waals surface area contributed by atoms with Crippen LogP contribution in [0.1, 0.15) is 47.0 Å². The van der Waals surface area contributed by atoms with E-state index in [4.69, 9.17) is 4.74 Å². The quantitative estimate of drug-likeness (QED) is 0.656. The van der Waals surface area contributed by atoms with Crippen molar-refractivity contribution >= 4 is 0 Å². The van der Waals surface area contributed by atoms with Crippen LogP contribution in [0.25, 0.3) is 0 Å². The molecule has 0 aromatic carbocycles. The predicted octanol–water partition coefficient (Wildman–Crippen LogP) is 1.94. The second-order valence-electron chi connectivity index (χ2n) is 5.58. The summed E-state index contributed by atoms with van der Waals surface area (Å²) in [6.07, 6.45) is 3.53. The summed E-state index contributed by atoms with van der Waals surface area (Å²) in [5, 5.41) is 12.6. The van der Waals surface area contributed by atoms with Crippen LogP contribution in [-0.4, -0.2) is 36.5 Å². The maximum Gasteiger partial charge on any atom is 0.0655 e. The van der Waals surface area contributed by atoms with Crippen molar-refractivity contribution in [2.45, 2.75) is 65.2 Å². The minimum Gasteiger partial charge on any atom is -0.392 e. The van der Waals surface area contributed by atoms with E-state index in [0.717, 1.165) is 19.4 Å². The third-order valence-corrected chi connectivity index (χ3v) is 3.65. The van der Waals surface area contributed by atoms with Crippen LogP contribution in [0.3, 0.4) is 0 Å². The fourth-order valence-electron chi connectivity index (χ4n) is 2.20. The van der Waals surface area contributed by atoms with E-state index in [2.05, 4.69) is 26.1 Å². The summed E-state index contributed by atoms with van der Waals surface area (Å²) in [4.78, 5) is 0. The van der Waals surface area contributed by atoms with Crippen LogP contribution in [0.4, 0.5) is 0 Å². The highest BCUT2D eigenvalue weighted by Gasteiger charge is 2.48. The van der Waals surface area contributed by atoms with Crippen LogP contribution in [0.2, 0.25) is 0 Å². The Bertz CT molecular complexity index is 204. The smallest absolute Gasteiger partial charge is 0.0655 e. The maximum absolute atomic E-state index is 9.24. The maximum atomic E-state index is 9.24. The lowest BCUT2D eigenvalue weighted by atomic mass is 9.64. The number of rotatable bonds is 7. The Balaban J connectivity index is 2.24. The molecule has 2 N–H and O–H groups in total. The zero-order valence-electron chi connectivity index (χ0n) is 11.1. The van der Waals surface area contributed by atoms with Gasteiger partial charge in [-0.05, 0) is 19.8 Å². The molecular formula is C13H27NO2. The van der Waals surface area contributed by atoms with E-state index in [1.807, 2.05) is 6.92 Å². The van der Waals surface area contributed by atoms with E-state index in [1.54, 1.807) is 0 Å². The highest BCUT2D eigenvalue weighted by Crippen LogP contribution is 2.42. The molecule has 3 nitrogen and oxygen atoms in total. The van der Waals surface area contributed by atoms with Gasteiger partial charge < -0.3 is 15.2 Å².